The highest BCUT2D eigenvalue weighted by Gasteiger charge is 2.11. The number of aromatic nitrogens is 2. The molecular weight excluding hydrogens is 334 g/mol. The third-order valence-electron chi connectivity index (χ3n) is 5.03. The second kappa shape index (κ2) is 8.25. The van der Waals surface area contributed by atoms with Gasteiger partial charge in [-0.25, -0.2) is 4.99 Å². The average molecular weight is 364 g/mol. The van der Waals surface area contributed by atoms with Crippen LogP contribution in [-0.4, -0.2) is 22.3 Å². The minimum atomic E-state index is 0.156. The number of nitrogens with zero attached hydrogens (tertiary/aromatic N) is 3. The minimum Gasteiger partial charge on any atom is -0.357 e. The van der Waals surface area contributed by atoms with Crippen molar-refractivity contribution in [2.24, 2.45) is 12.0 Å². The van der Waals surface area contributed by atoms with Gasteiger partial charge in [-0.3, -0.25) is 4.68 Å². The quantitative estimate of drug-likeness (QED) is 0.532. The molecule has 3 rings (SSSR count). The number of fused-ring (bicyclic) bond motifs is 1. The number of aliphatic imine (C=N–C) groups is 1. The van der Waals surface area contributed by atoms with Crippen molar-refractivity contribution in [2.45, 2.75) is 40.3 Å². The van der Waals surface area contributed by atoms with Crippen LogP contribution in [0.4, 0.5) is 0 Å². The molecule has 0 bridgehead atoms. The Morgan fingerprint density at radius 3 is 2.56 bits per heavy atom. The van der Waals surface area contributed by atoms with Crippen LogP contribution in [0.25, 0.3) is 10.8 Å². The maximum atomic E-state index is 4.79. The van der Waals surface area contributed by atoms with E-state index in [9.17, 15) is 0 Å². The second-order valence-corrected chi connectivity index (χ2v) is 6.94. The van der Waals surface area contributed by atoms with Gasteiger partial charge < -0.3 is 10.6 Å². The van der Waals surface area contributed by atoms with Gasteiger partial charge in [-0.2, -0.15) is 5.10 Å². The molecule has 0 aliphatic heterocycles. The minimum absolute atomic E-state index is 0.156. The largest absolute Gasteiger partial charge is 0.357 e. The van der Waals surface area contributed by atoms with Crippen LogP contribution < -0.4 is 10.6 Å². The molecule has 27 heavy (non-hydrogen) atoms. The van der Waals surface area contributed by atoms with Crippen molar-refractivity contribution in [1.29, 1.82) is 0 Å². The Kier molecular flexibility index (Phi) is 5.79. The van der Waals surface area contributed by atoms with Gasteiger partial charge in [0.05, 0.1) is 18.3 Å². The smallest absolute Gasteiger partial charge is 0.192 e. The van der Waals surface area contributed by atoms with Crippen LogP contribution in [0, 0.1) is 13.8 Å². The molecule has 5 heteroatoms. The van der Waals surface area contributed by atoms with Crippen molar-refractivity contribution in [3.05, 3.63) is 65.0 Å². The maximum absolute atomic E-state index is 4.79. The van der Waals surface area contributed by atoms with Gasteiger partial charge in [0.15, 0.2) is 5.96 Å². The summed E-state index contributed by atoms with van der Waals surface area (Å²) >= 11 is 0. The molecule has 2 N–H and O–H groups in total. The van der Waals surface area contributed by atoms with Crippen LogP contribution in [0.3, 0.4) is 0 Å². The fourth-order valence-electron chi connectivity index (χ4n) is 3.29. The zero-order valence-electron chi connectivity index (χ0n) is 16.9. The first kappa shape index (κ1) is 19.0. The van der Waals surface area contributed by atoms with Gasteiger partial charge >= 0.3 is 0 Å². The first-order chi connectivity index (χ1) is 13.0. The molecule has 1 unspecified atom stereocenters. The van der Waals surface area contributed by atoms with E-state index < -0.39 is 0 Å². The number of aryl methyl sites for hydroxylation is 2. The predicted octanol–water partition coefficient (Wildman–Crippen LogP) is 4.01. The SMILES string of the molecule is CCNC(=NCc1c(C)nn(C)c1C)NC(C)c1ccc2ccccc2c1. The molecule has 0 spiro atoms. The number of rotatable bonds is 5. The summed E-state index contributed by atoms with van der Waals surface area (Å²) in [4.78, 5) is 4.79. The molecule has 3 aromatic rings. The van der Waals surface area contributed by atoms with Crippen LogP contribution in [0.5, 0.6) is 0 Å². The Morgan fingerprint density at radius 1 is 1.15 bits per heavy atom. The topological polar surface area (TPSA) is 54.2 Å². The van der Waals surface area contributed by atoms with Crippen molar-refractivity contribution >= 4 is 16.7 Å². The van der Waals surface area contributed by atoms with Crippen LogP contribution in [0.2, 0.25) is 0 Å². The van der Waals surface area contributed by atoms with Crippen molar-refractivity contribution in [2.75, 3.05) is 6.54 Å². The van der Waals surface area contributed by atoms with E-state index >= 15 is 0 Å². The molecule has 1 atom stereocenters. The highest BCUT2D eigenvalue weighted by Crippen LogP contribution is 2.20. The van der Waals surface area contributed by atoms with Gasteiger partial charge in [0.1, 0.15) is 0 Å². The van der Waals surface area contributed by atoms with Crippen molar-refractivity contribution in [3.8, 4) is 0 Å². The maximum Gasteiger partial charge on any atom is 0.192 e. The van der Waals surface area contributed by atoms with E-state index in [0.29, 0.717) is 6.54 Å². The van der Waals surface area contributed by atoms with E-state index in [0.717, 1.165) is 23.9 Å². The lowest BCUT2D eigenvalue weighted by molar-refractivity contribution is 0.687. The summed E-state index contributed by atoms with van der Waals surface area (Å²) in [7, 11) is 1.97. The molecule has 1 heterocycles. The lowest BCUT2D eigenvalue weighted by Crippen LogP contribution is -2.38. The summed E-state index contributed by atoms with van der Waals surface area (Å²) in [6, 6.07) is 15.2. The molecule has 0 saturated carbocycles. The molecule has 142 valence electrons. The lowest BCUT2D eigenvalue weighted by Gasteiger charge is -2.19. The van der Waals surface area contributed by atoms with Gasteiger partial charge in [0.25, 0.3) is 0 Å². The zero-order chi connectivity index (χ0) is 19.4. The monoisotopic (exact) mass is 363 g/mol. The number of hydrogen-bond donors (Lipinski definition) is 2. The van der Waals surface area contributed by atoms with Crippen molar-refractivity contribution in [3.63, 3.8) is 0 Å². The molecule has 2 aromatic carbocycles. The highest BCUT2D eigenvalue weighted by molar-refractivity contribution is 5.84. The fourth-order valence-corrected chi connectivity index (χ4v) is 3.29. The van der Waals surface area contributed by atoms with E-state index in [1.165, 1.54) is 21.9 Å². The van der Waals surface area contributed by atoms with E-state index in [4.69, 9.17) is 4.99 Å². The third kappa shape index (κ3) is 4.30. The van der Waals surface area contributed by atoms with Gasteiger partial charge in [-0.15, -0.1) is 0 Å². The van der Waals surface area contributed by atoms with Gasteiger partial charge in [-0.1, -0.05) is 36.4 Å². The van der Waals surface area contributed by atoms with Crippen LogP contribution in [0.15, 0.2) is 47.5 Å². The standard InChI is InChI=1S/C22H29N5/c1-6-23-22(24-14-21-16(3)26-27(5)17(21)4)25-15(2)19-12-11-18-9-7-8-10-20(18)13-19/h7-13,15H,6,14H2,1-5H3,(H2,23,24,25). The van der Waals surface area contributed by atoms with E-state index in [2.05, 4.69) is 79.0 Å². The summed E-state index contributed by atoms with van der Waals surface area (Å²) in [5.74, 6) is 0.820. The van der Waals surface area contributed by atoms with Gasteiger partial charge in [0, 0.05) is 24.8 Å². The average Bonchev–Trinajstić information content (AvgIpc) is 2.91. The van der Waals surface area contributed by atoms with Crippen LogP contribution >= 0.6 is 0 Å². The first-order valence-electron chi connectivity index (χ1n) is 9.52. The summed E-state index contributed by atoms with van der Waals surface area (Å²) < 4.78 is 1.91. The molecule has 0 amide bonds. The Morgan fingerprint density at radius 2 is 1.89 bits per heavy atom. The van der Waals surface area contributed by atoms with E-state index in [1.54, 1.807) is 0 Å². The third-order valence-corrected chi connectivity index (χ3v) is 5.03. The Balaban J connectivity index is 1.77. The van der Waals surface area contributed by atoms with Gasteiger partial charge in [-0.05, 0) is 50.1 Å². The Hall–Kier alpha value is -2.82. The first-order valence-corrected chi connectivity index (χ1v) is 9.52. The summed E-state index contributed by atoms with van der Waals surface area (Å²) in [6.07, 6.45) is 0. The molecule has 0 saturated heterocycles. The normalized spacial score (nSPS) is 13.0. The van der Waals surface area contributed by atoms with Crippen molar-refractivity contribution in [1.82, 2.24) is 20.4 Å². The fraction of sp³-hybridized carbons (Fsp3) is 0.364. The molecule has 0 aliphatic rings. The van der Waals surface area contributed by atoms with E-state index in [1.807, 2.05) is 18.7 Å². The Bertz CT molecular complexity index is 954. The number of hydrogen-bond acceptors (Lipinski definition) is 2. The summed E-state index contributed by atoms with van der Waals surface area (Å²) in [5, 5.41) is 13.9. The molecular formula is C22H29N5. The summed E-state index contributed by atoms with van der Waals surface area (Å²) in [5.41, 5.74) is 4.63. The molecule has 0 radical (unpaired) electrons. The zero-order valence-corrected chi connectivity index (χ0v) is 16.9. The second-order valence-electron chi connectivity index (χ2n) is 6.94. The lowest BCUT2D eigenvalue weighted by atomic mass is 10.0. The molecule has 0 aliphatic carbocycles. The highest BCUT2D eigenvalue weighted by atomic mass is 15.3. The van der Waals surface area contributed by atoms with Gasteiger partial charge in [0.2, 0.25) is 0 Å². The van der Waals surface area contributed by atoms with Crippen molar-refractivity contribution < 1.29 is 0 Å². The predicted molar refractivity (Wildman–Crippen MR) is 113 cm³/mol. The Labute approximate surface area is 161 Å². The molecule has 5 nitrogen and oxygen atoms in total. The molecule has 0 fully saturated rings. The van der Waals surface area contributed by atoms with Crippen LogP contribution in [0.1, 0.15) is 42.4 Å². The van der Waals surface area contributed by atoms with E-state index in [-0.39, 0.29) is 6.04 Å². The molecule has 1 aromatic heterocycles. The number of nitrogens with one attached hydrogen (secondary N) is 2. The van der Waals surface area contributed by atoms with Crippen LogP contribution in [-0.2, 0) is 13.6 Å². The number of guanidine groups is 1. The number of benzene rings is 2. The summed E-state index contributed by atoms with van der Waals surface area (Å²) in [6.45, 7) is 9.81.